The summed E-state index contributed by atoms with van der Waals surface area (Å²) < 4.78 is 20.3. The number of carbonyl (C=O) groups is 3. The molecule has 2 N–H and O–H groups in total. The molecule has 0 aromatic carbocycles. The molecule has 1 aliphatic rings. The molecular formula is C12H18N4O7. The highest BCUT2D eigenvalue weighted by molar-refractivity contribution is 5.67. The first-order chi connectivity index (χ1) is 10.8. The number of esters is 3. The van der Waals surface area contributed by atoms with Gasteiger partial charge < -0.3 is 24.7 Å². The van der Waals surface area contributed by atoms with Crippen LogP contribution >= 0.6 is 0 Å². The van der Waals surface area contributed by atoms with E-state index in [1.54, 1.807) is 0 Å². The van der Waals surface area contributed by atoms with Crippen molar-refractivity contribution in [1.29, 1.82) is 0 Å². The molecule has 1 fully saturated rings. The van der Waals surface area contributed by atoms with Crippen molar-refractivity contribution in [2.45, 2.75) is 51.4 Å². The lowest BCUT2D eigenvalue weighted by molar-refractivity contribution is -0.215. The minimum Gasteiger partial charge on any atom is -0.463 e. The average Bonchev–Trinajstić information content (AvgIpc) is 2.43. The fourth-order valence-electron chi connectivity index (χ4n) is 2.15. The summed E-state index contributed by atoms with van der Waals surface area (Å²) in [5.41, 5.74) is 14.5. The number of ether oxygens (including phenoxy) is 4. The molecule has 0 aromatic heterocycles. The maximum Gasteiger partial charge on any atom is 0.303 e. The van der Waals surface area contributed by atoms with Crippen LogP contribution in [0.3, 0.4) is 0 Å². The lowest BCUT2D eigenvalue weighted by Gasteiger charge is -2.42. The molecule has 1 rings (SSSR count). The molecule has 0 amide bonds. The summed E-state index contributed by atoms with van der Waals surface area (Å²) in [6, 6.07) is -1.13. The van der Waals surface area contributed by atoms with Crippen LogP contribution < -0.4 is 5.73 Å². The van der Waals surface area contributed by atoms with Crippen molar-refractivity contribution in [2.75, 3.05) is 6.61 Å². The first-order valence-electron chi connectivity index (χ1n) is 6.69. The maximum atomic E-state index is 11.3. The van der Waals surface area contributed by atoms with Crippen molar-refractivity contribution < 1.29 is 33.3 Å². The Morgan fingerprint density at radius 2 is 1.70 bits per heavy atom. The third kappa shape index (κ3) is 5.40. The lowest BCUT2D eigenvalue weighted by Crippen LogP contribution is -2.62. The number of nitrogens with two attached hydrogens (primary N) is 1. The standard InChI is InChI=1S/C12H18N4O7/c1-5(17)20-4-8-10(21-6(2)18)9(15-16-14)11(12(13)23-8)22-7(3)19/h8-12H,4,13H2,1-3H3/t8-,9+,10-,11-,12-/m1/s1. The van der Waals surface area contributed by atoms with Gasteiger partial charge in [0.05, 0.1) is 0 Å². The normalized spacial score (nSPS) is 29.8. The Morgan fingerprint density at radius 1 is 1.13 bits per heavy atom. The molecule has 1 saturated heterocycles. The Labute approximate surface area is 131 Å². The summed E-state index contributed by atoms with van der Waals surface area (Å²) >= 11 is 0. The van der Waals surface area contributed by atoms with Crippen LogP contribution in [0.5, 0.6) is 0 Å². The summed E-state index contributed by atoms with van der Waals surface area (Å²) in [7, 11) is 0. The van der Waals surface area contributed by atoms with Gasteiger partial charge in [0, 0.05) is 25.7 Å². The molecule has 0 unspecified atom stereocenters. The predicted molar refractivity (Wildman–Crippen MR) is 73.5 cm³/mol. The number of azide groups is 1. The van der Waals surface area contributed by atoms with Crippen LogP contribution in [0, 0.1) is 0 Å². The molecule has 23 heavy (non-hydrogen) atoms. The van der Waals surface area contributed by atoms with Crippen molar-refractivity contribution in [2.24, 2.45) is 10.8 Å². The number of hydrogen-bond acceptors (Lipinski definition) is 9. The molecule has 11 heteroatoms. The quantitative estimate of drug-likeness (QED) is 0.237. The Kier molecular flexibility index (Phi) is 6.76. The van der Waals surface area contributed by atoms with Crippen molar-refractivity contribution >= 4 is 17.9 Å². The van der Waals surface area contributed by atoms with Gasteiger partial charge in [-0.1, -0.05) is 5.11 Å². The van der Waals surface area contributed by atoms with Crippen LogP contribution in [0.2, 0.25) is 0 Å². The Balaban J connectivity index is 3.09. The second-order valence-corrected chi connectivity index (χ2v) is 4.79. The highest BCUT2D eigenvalue weighted by Gasteiger charge is 2.48. The largest absolute Gasteiger partial charge is 0.463 e. The van der Waals surface area contributed by atoms with Gasteiger partial charge in [0.25, 0.3) is 0 Å². The molecular weight excluding hydrogens is 312 g/mol. The van der Waals surface area contributed by atoms with Gasteiger partial charge in [-0.05, 0) is 5.53 Å². The van der Waals surface area contributed by atoms with E-state index in [1.807, 2.05) is 0 Å². The minimum atomic E-state index is -1.15. The van der Waals surface area contributed by atoms with E-state index in [0.29, 0.717) is 0 Å². The van der Waals surface area contributed by atoms with Crippen LogP contribution in [-0.2, 0) is 33.3 Å². The van der Waals surface area contributed by atoms with E-state index >= 15 is 0 Å². The molecule has 5 atom stereocenters. The van der Waals surface area contributed by atoms with Crippen LogP contribution in [-0.4, -0.2) is 55.1 Å². The topological polar surface area (TPSA) is 163 Å². The van der Waals surface area contributed by atoms with Crippen LogP contribution in [0.15, 0.2) is 5.11 Å². The molecule has 0 saturated carbocycles. The third-order valence-electron chi connectivity index (χ3n) is 2.94. The van der Waals surface area contributed by atoms with Crippen molar-refractivity contribution in [3.8, 4) is 0 Å². The van der Waals surface area contributed by atoms with E-state index in [4.69, 9.17) is 30.2 Å². The van der Waals surface area contributed by atoms with E-state index in [2.05, 4.69) is 10.0 Å². The van der Waals surface area contributed by atoms with E-state index in [1.165, 1.54) is 6.92 Å². The van der Waals surface area contributed by atoms with Crippen LogP contribution in [0.4, 0.5) is 0 Å². The fourth-order valence-corrected chi connectivity index (χ4v) is 2.15. The zero-order valence-corrected chi connectivity index (χ0v) is 12.9. The summed E-state index contributed by atoms with van der Waals surface area (Å²) in [5.74, 6) is -1.93. The van der Waals surface area contributed by atoms with Crippen LogP contribution in [0.1, 0.15) is 20.8 Å². The van der Waals surface area contributed by atoms with E-state index in [-0.39, 0.29) is 6.61 Å². The molecule has 1 aliphatic heterocycles. The number of hydrogen-bond donors (Lipinski definition) is 1. The fraction of sp³-hybridized carbons (Fsp3) is 0.750. The Bertz CT molecular complexity index is 520. The van der Waals surface area contributed by atoms with Gasteiger partial charge >= 0.3 is 17.9 Å². The number of rotatable bonds is 5. The zero-order valence-electron chi connectivity index (χ0n) is 12.9. The van der Waals surface area contributed by atoms with Gasteiger partial charge in [0.1, 0.15) is 31.1 Å². The number of nitrogens with zero attached hydrogens (tertiary/aromatic N) is 3. The van der Waals surface area contributed by atoms with Gasteiger partial charge in [0.2, 0.25) is 0 Å². The Morgan fingerprint density at radius 3 is 2.17 bits per heavy atom. The third-order valence-corrected chi connectivity index (χ3v) is 2.94. The van der Waals surface area contributed by atoms with Gasteiger partial charge in [0.15, 0.2) is 6.10 Å². The van der Waals surface area contributed by atoms with E-state index < -0.39 is 48.5 Å². The molecule has 1 heterocycles. The SMILES string of the molecule is CC(=O)OC[C@H]1O[C@@H](N)[C@H](OC(C)=O)[C@@H](N=[N+]=[N-])[C@@H]1OC(C)=O. The second-order valence-electron chi connectivity index (χ2n) is 4.79. The molecule has 11 nitrogen and oxygen atoms in total. The zero-order chi connectivity index (χ0) is 17.6. The summed E-state index contributed by atoms with van der Waals surface area (Å²) in [5, 5.41) is 3.51. The summed E-state index contributed by atoms with van der Waals surface area (Å²) in [6.45, 7) is 3.21. The number of carbonyl (C=O) groups excluding carboxylic acids is 3. The molecule has 0 radical (unpaired) electrons. The van der Waals surface area contributed by atoms with Gasteiger partial charge in [-0.15, -0.1) is 0 Å². The molecule has 0 aliphatic carbocycles. The molecule has 0 bridgehead atoms. The summed E-state index contributed by atoms with van der Waals surface area (Å²) in [4.78, 5) is 36.1. The molecule has 128 valence electrons. The van der Waals surface area contributed by atoms with Gasteiger partial charge in [-0.25, -0.2) is 0 Å². The van der Waals surface area contributed by atoms with E-state index in [0.717, 1.165) is 13.8 Å². The average molecular weight is 330 g/mol. The second kappa shape index (κ2) is 8.32. The van der Waals surface area contributed by atoms with Crippen molar-refractivity contribution in [3.05, 3.63) is 10.4 Å². The van der Waals surface area contributed by atoms with Crippen LogP contribution in [0.25, 0.3) is 10.4 Å². The molecule has 0 aromatic rings. The minimum absolute atomic E-state index is 0.273. The highest BCUT2D eigenvalue weighted by atomic mass is 16.6. The highest BCUT2D eigenvalue weighted by Crippen LogP contribution is 2.27. The van der Waals surface area contributed by atoms with E-state index in [9.17, 15) is 14.4 Å². The summed E-state index contributed by atoms with van der Waals surface area (Å²) in [6.07, 6.45) is -4.41. The lowest BCUT2D eigenvalue weighted by atomic mass is 9.96. The maximum absolute atomic E-state index is 11.3. The monoisotopic (exact) mass is 330 g/mol. The predicted octanol–water partition coefficient (Wildman–Crippen LogP) is -0.225. The van der Waals surface area contributed by atoms with Gasteiger partial charge in [-0.3, -0.25) is 14.4 Å². The Hall–Kier alpha value is -2.36. The smallest absolute Gasteiger partial charge is 0.303 e. The van der Waals surface area contributed by atoms with Crippen molar-refractivity contribution in [1.82, 2.24) is 0 Å². The first-order valence-corrected chi connectivity index (χ1v) is 6.69. The molecule has 0 spiro atoms. The first kappa shape index (κ1) is 18.7. The van der Waals surface area contributed by atoms with Crippen molar-refractivity contribution in [3.63, 3.8) is 0 Å². The van der Waals surface area contributed by atoms with Gasteiger partial charge in [-0.2, -0.15) is 0 Å².